The molecule has 0 spiro atoms. The maximum atomic E-state index is 6.83. The Balaban J connectivity index is 2.90. The van der Waals surface area contributed by atoms with E-state index in [0.29, 0.717) is 11.8 Å². The maximum absolute atomic E-state index is 6.83. The Hall–Kier alpha value is 0.0569. The van der Waals surface area contributed by atoms with E-state index in [9.17, 15) is 0 Å². The monoisotopic (exact) mass is 316 g/mol. The predicted octanol–water partition coefficient (Wildman–Crippen LogP) is 3.46. The molecular weight excluding hydrogens is 280 g/mol. The van der Waals surface area contributed by atoms with E-state index in [1.807, 2.05) is 19.1 Å². The molecule has 1 saturated heterocycles. The lowest BCUT2D eigenvalue weighted by molar-refractivity contribution is -0.177. The summed E-state index contributed by atoms with van der Waals surface area (Å²) < 4.78 is 13.0. The summed E-state index contributed by atoms with van der Waals surface area (Å²) in [5.74, 6) is 0.798. The van der Waals surface area contributed by atoms with Gasteiger partial charge in [-0.15, -0.1) is 0 Å². The number of hydrazine groups is 1. The first-order valence-electron chi connectivity index (χ1n) is 8.57. The lowest BCUT2D eigenvalue weighted by Crippen LogP contribution is -2.59. The van der Waals surface area contributed by atoms with Gasteiger partial charge in [-0.05, 0) is 25.1 Å². The highest BCUT2D eigenvalue weighted by Gasteiger charge is 2.44. The van der Waals surface area contributed by atoms with Crippen LogP contribution in [-0.2, 0) is 9.16 Å². The van der Waals surface area contributed by atoms with Crippen molar-refractivity contribution in [3.8, 4) is 0 Å². The maximum Gasteiger partial charge on any atom is 0.192 e. The zero-order valence-electron chi connectivity index (χ0n) is 15.3. The molecule has 21 heavy (non-hydrogen) atoms. The molecule has 5 heteroatoms. The van der Waals surface area contributed by atoms with Crippen LogP contribution in [0, 0.1) is 11.8 Å². The van der Waals surface area contributed by atoms with Crippen LogP contribution in [0.2, 0.25) is 18.1 Å². The van der Waals surface area contributed by atoms with Gasteiger partial charge in [0.25, 0.3) is 0 Å². The first-order valence-corrected chi connectivity index (χ1v) is 11.1. The van der Waals surface area contributed by atoms with Crippen molar-refractivity contribution in [3.05, 3.63) is 0 Å². The fourth-order valence-corrected chi connectivity index (χ4v) is 6.31. The van der Waals surface area contributed by atoms with E-state index < -0.39 is 8.32 Å². The molecule has 0 amide bonds. The minimum absolute atomic E-state index is 0.0356. The lowest BCUT2D eigenvalue weighted by Gasteiger charge is -2.48. The Morgan fingerprint density at radius 3 is 1.95 bits per heavy atom. The van der Waals surface area contributed by atoms with Crippen molar-refractivity contribution < 1.29 is 9.16 Å². The average Bonchev–Trinajstić information content (AvgIpc) is 2.45. The van der Waals surface area contributed by atoms with E-state index in [1.165, 1.54) is 18.1 Å². The van der Waals surface area contributed by atoms with Gasteiger partial charge < -0.3 is 9.16 Å². The van der Waals surface area contributed by atoms with Crippen molar-refractivity contribution in [1.82, 2.24) is 10.4 Å². The van der Waals surface area contributed by atoms with Crippen LogP contribution in [0.5, 0.6) is 0 Å². The van der Waals surface area contributed by atoms with Crippen LogP contribution in [-0.4, -0.2) is 45.9 Å². The molecule has 1 N–H and O–H groups in total. The van der Waals surface area contributed by atoms with Gasteiger partial charge in [-0.3, -0.25) is 0 Å². The molecule has 1 aliphatic rings. The van der Waals surface area contributed by atoms with Gasteiger partial charge in [-0.2, -0.15) is 0 Å². The second-order valence-electron chi connectivity index (χ2n) is 6.83. The van der Waals surface area contributed by atoms with Crippen molar-refractivity contribution >= 4 is 8.32 Å². The van der Waals surface area contributed by atoms with Gasteiger partial charge >= 0.3 is 0 Å². The molecule has 0 radical (unpaired) electrons. The molecule has 1 unspecified atom stereocenters. The minimum atomic E-state index is -1.58. The summed E-state index contributed by atoms with van der Waals surface area (Å²) in [6, 6.07) is 3.62. The molecule has 4 nitrogen and oxygen atoms in total. The number of hydrogen-bond acceptors (Lipinski definition) is 4. The van der Waals surface area contributed by atoms with Gasteiger partial charge in [0.2, 0.25) is 0 Å². The fraction of sp³-hybridized carbons (Fsp3) is 1.00. The van der Waals surface area contributed by atoms with Crippen LogP contribution < -0.4 is 5.43 Å². The highest BCUT2D eigenvalue weighted by atomic mass is 28.4. The number of nitrogens with one attached hydrogen (secondary N) is 1. The number of nitrogens with zero attached hydrogens (tertiary/aromatic N) is 1. The number of rotatable bonds is 7. The molecule has 5 atom stereocenters. The van der Waals surface area contributed by atoms with Gasteiger partial charge in [0.15, 0.2) is 8.32 Å². The number of hydrogen-bond donors (Lipinski definition) is 1. The van der Waals surface area contributed by atoms with E-state index in [0.717, 1.165) is 0 Å². The summed E-state index contributed by atoms with van der Waals surface area (Å²) >= 11 is 0. The molecule has 0 aliphatic carbocycles. The lowest BCUT2D eigenvalue weighted by atomic mass is 9.86. The molecule has 1 aliphatic heterocycles. The van der Waals surface area contributed by atoms with Crippen molar-refractivity contribution in [1.29, 1.82) is 0 Å². The molecular formula is C16H36N2O2Si. The molecule has 0 aromatic rings. The van der Waals surface area contributed by atoms with E-state index in [4.69, 9.17) is 9.16 Å². The van der Waals surface area contributed by atoms with E-state index in [1.54, 1.807) is 0 Å². The topological polar surface area (TPSA) is 33.7 Å². The smallest absolute Gasteiger partial charge is 0.192 e. The van der Waals surface area contributed by atoms with Gasteiger partial charge in [0, 0.05) is 25.9 Å². The van der Waals surface area contributed by atoms with Crippen LogP contribution >= 0.6 is 0 Å². The van der Waals surface area contributed by atoms with Crippen molar-refractivity contribution in [2.24, 2.45) is 11.8 Å². The zero-order chi connectivity index (χ0) is 16.2. The van der Waals surface area contributed by atoms with Crippen LogP contribution in [0.25, 0.3) is 0 Å². The average molecular weight is 317 g/mol. The van der Waals surface area contributed by atoms with Gasteiger partial charge in [0.05, 0.1) is 12.2 Å². The van der Waals surface area contributed by atoms with E-state index in [2.05, 4.69) is 47.0 Å². The third-order valence-electron chi connectivity index (χ3n) is 5.32. The highest BCUT2D eigenvalue weighted by molar-refractivity contribution is 6.73. The summed E-state index contributed by atoms with van der Waals surface area (Å²) in [5.41, 5.74) is 3.40. The summed E-state index contributed by atoms with van der Waals surface area (Å²) in [4.78, 5) is 0. The quantitative estimate of drug-likeness (QED) is 0.576. The molecule has 126 valence electrons. The first-order chi connectivity index (χ1) is 9.80. The fourth-order valence-electron chi connectivity index (χ4n) is 3.30. The molecule has 0 saturated carbocycles. The molecule has 0 aromatic carbocycles. The van der Waals surface area contributed by atoms with Crippen molar-refractivity contribution in [2.45, 2.75) is 78.1 Å². The largest absolute Gasteiger partial charge is 0.413 e. The van der Waals surface area contributed by atoms with Crippen LogP contribution in [0.3, 0.4) is 0 Å². The third-order valence-corrected chi connectivity index (χ3v) is 9.96. The second-order valence-corrected chi connectivity index (χ2v) is 11.6. The SMILES string of the molecule is CC[Si](CC)(CC)O[C@H]1[C@@H](C)[C@H](C)OC(NN(C)C)[C@@H]1C. The summed E-state index contributed by atoms with van der Waals surface area (Å²) in [6.45, 7) is 13.6. The van der Waals surface area contributed by atoms with Crippen molar-refractivity contribution in [3.63, 3.8) is 0 Å². The van der Waals surface area contributed by atoms with Gasteiger partial charge in [0.1, 0.15) is 6.23 Å². The number of ether oxygens (including phenoxy) is 1. The standard InChI is InChI=1S/C16H36N2O2Si/c1-9-21(10-2,11-3)20-15-12(4)14(6)19-16(13(15)5)17-18(7)8/h12-17H,9-11H2,1-8H3/t12-,13+,14-,15-,16?/m0/s1. The third kappa shape index (κ3) is 4.52. The van der Waals surface area contributed by atoms with Crippen LogP contribution in [0.4, 0.5) is 0 Å². The van der Waals surface area contributed by atoms with E-state index in [-0.39, 0.29) is 18.4 Å². The molecule has 1 heterocycles. The van der Waals surface area contributed by atoms with E-state index >= 15 is 0 Å². The van der Waals surface area contributed by atoms with Gasteiger partial charge in [-0.1, -0.05) is 34.6 Å². The highest BCUT2D eigenvalue weighted by Crippen LogP contribution is 2.35. The van der Waals surface area contributed by atoms with Gasteiger partial charge in [-0.25, -0.2) is 10.4 Å². The molecule has 1 rings (SSSR count). The summed E-state index contributed by atoms with van der Waals surface area (Å²) in [7, 11) is 2.44. The zero-order valence-corrected chi connectivity index (χ0v) is 16.3. The Labute approximate surface area is 132 Å². The summed E-state index contributed by atoms with van der Waals surface area (Å²) in [5, 5.41) is 1.98. The predicted molar refractivity (Wildman–Crippen MR) is 91.6 cm³/mol. The molecule has 0 aromatic heterocycles. The second kappa shape index (κ2) is 8.06. The van der Waals surface area contributed by atoms with Crippen LogP contribution in [0.1, 0.15) is 41.5 Å². The Morgan fingerprint density at radius 2 is 1.52 bits per heavy atom. The van der Waals surface area contributed by atoms with Crippen LogP contribution in [0.15, 0.2) is 0 Å². The van der Waals surface area contributed by atoms with Crippen molar-refractivity contribution in [2.75, 3.05) is 14.1 Å². The Kier molecular flexibility index (Phi) is 7.33. The Bertz CT molecular complexity index is 302. The summed E-state index contributed by atoms with van der Waals surface area (Å²) in [6.07, 6.45) is 0.548. The Morgan fingerprint density at radius 1 is 1.00 bits per heavy atom. The molecule has 1 fully saturated rings. The minimum Gasteiger partial charge on any atom is -0.413 e. The molecule has 0 bridgehead atoms. The first kappa shape index (κ1) is 19.1. The normalized spacial score (nSPS) is 34.4.